The summed E-state index contributed by atoms with van der Waals surface area (Å²) >= 11 is 0. The summed E-state index contributed by atoms with van der Waals surface area (Å²) in [6, 6.07) is 1.71. The fraction of sp³-hybridized carbons (Fsp3) is 0.692. The first kappa shape index (κ1) is 14.0. The van der Waals surface area contributed by atoms with Gasteiger partial charge in [0, 0.05) is 24.7 Å². The van der Waals surface area contributed by atoms with Crippen molar-refractivity contribution >= 4 is 5.91 Å². The molecule has 1 fully saturated rings. The lowest BCUT2D eigenvalue weighted by molar-refractivity contribution is 0.0782. The van der Waals surface area contributed by atoms with Gasteiger partial charge in [-0.05, 0) is 33.6 Å². The van der Waals surface area contributed by atoms with Gasteiger partial charge in [0.15, 0.2) is 11.5 Å². The molecule has 106 valence electrons. The fourth-order valence-electron chi connectivity index (χ4n) is 1.98. The summed E-state index contributed by atoms with van der Waals surface area (Å²) in [6.07, 6.45) is 2.15. The summed E-state index contributed by atoms with van der Waals surface area (Å²) in [5, 5.41) is 3.84. The van der Waals surface area contributed by atoms with Crippen molar-refractivity contribution in [3.05, 3.63) is 17.5 Å². The molecule has 1 aromatic rings. The molecule has 0 radical (unpaired) electrons. The Morgan fingerprint density at radius 2 is 2.11 bits per heavy atom. The number of likely N-dealkylation sites (tertiary alicyclic amines) is 1. The van der Waals surface area contributed by atoms with Crippen molar-refractivity contribution in [3.8, 4) is 0 Å². The molecular formula is C13H22N4O2. The quantitative estimate of drug-likeness (QED) is 0.804. The average Bonchev–Trinajstić information content (AvgIpc) is 2.97. The molecule has 1 aromatic heterocycles. The van der Waals surface area contributed by atoms with Crippen LogP contribution in [0.25, 0.3) is 0 Å². The van der Waals surface area contributed by atoms with E-state index in [-0.39, 0.29) is 11.4 Å². The van der Waals surface area contributed by atoms with Crippen molar-refractivity contribution in [2.45, 2.75) is 45.7 Å². The number of carbonyl (C=O) groups is 1. The van der Waals surface area contributed by atoms with E-state index in [9.17, 15) is 4.79 Å². The SMILES string of the molecule is CC(C)(C)NNCc1cc(C(=O)N2CCCC2)no1. The Morgan fingerprint density at radius 3 is 2.74 bits per heavy atom. The number of hydrogen-bond donors (Lipinski definition) is 2. The summed E-state index contributed by atoms with van der Waals surface area (Å²) in [5.74, 6) is 0.621. The van der Waals surface area contributed by atoms with Crippen molar-refractivity contribution < 1.29 is 9.32 Å². The number of hydrazine groups is 1. The van der Waals surface area contributed by atoms with Crippen LogP contribution >= 0.6 is 0 Å². The van der Waals surface area contributed by atoms with E-state index in [0.717, 1.165) is 25.9 Å². The van der Waals surface area contributed by atoms with Crippen molar-refractivity contribution in [1.82, 2.24) is 20.9 Å². The molecule has 0 bridgehead atoms. The standard InChI is InChI=1S/C13H22N4O2/c1-13(2,3)16-14-9-10-8-11(15-19-10)12(18)17-6-4-5-7-17/h8,14,16H,4-7,9H2,1-3H3. The van der Waals surface area contributed by atoms with E-state index >= 15 is 0 Å². The summed E-state index contributed by atoms with van der Waals surface area (Å²) in [4.78, 5) is 13.9. The largest absolute Gasteiger partial charge is 0.359 e. The van der Waals surface area contributed by atoms with E-state index in [0.29, 0.717) is 18.0 Å². The first-order chi connectivity index (χ1) is 8.96. The fourth-order valence-corrected chi connectivity index (χ4v) is 1.98. The molecule has 1 aliphatic heterocycles. The molecule has 1 saturated heterocycles. The molecule has 6 nitrogen and oxygen atoms in total. The minimum absolute atomic E-state index is 0.0196. The molecule has 0 unspecified atom stereocenters. The van der Waals surface area contributed by atoms with Gasteiger partial charge in [0.1, 0.15) is 0 Å². The number of rotatable bonds is 4. The zero-order chi connectivity index (χ0) is 13.9. The highest BCUT2D eigenvalue weighted by atomic mass is 16.5. The second-order valence-corrected chi connectivity index (χ2v) is 5.91. The lowest BCUT2D eigenvalue weighted by atomic mass is 10.1. The Bertz CT molecular complexity index is 430. The molecule has 1 amide bonds. The smallest absolute Gasteiger partial charge is 0.276 e. The number of nitrogens with zero attached hydrogens (tertiary/aromatic N) is 2. The van der Waals surface area contributed by atoms with Crippen LogP contribution in [0.4, 0.5) is 0 Å². The molecule has 0 aromatic carbocycles. The molecule has 19 heavy (non-hydrogen) atoms. The predicted octanol–water partition coefficient (Wildman–Crippen LogP) is 1.30. The highest BCUT2D eigenvalue weighted by Gasteiger charge is 2.22. The molecule has 2 heterocycles. The minimum atomic E-state index is -0.0312. The number of aromatic nitrogens is 1. The number of nitrogens with one attached hydrogen (secondary N) is 2. The lowest BCUT2D eigenvalue weighted by Crippen LogP contribution is -2.45. The maximum absolute atomic E-state index is 12.1. The summed E-state index contributed by atoms with van der Waals surface area (Å²) in [7, 11) is 0. The molecule has 2 rings (SSSR count). The van der Waals surface area contributed by atoms with Crippen LogP contribution in [-0.2, 0) is 6.54 Å². The van der Waals surface area contributed by atoms with E-state index in [1.165, 1.54) is 0 Å². The van der Waals surface area contributed by atoms with Crippen molar-refractivity contribution in [1.29, 1.82) is 0 Å². The van der Waals surface area contributed by atoms with E-state index < -0.39 is 0 Å². The van der Waals surface area contributed by atoms with Gasteiger partial charge in [-0.1, -0.05) is 5.16 Å². The van der Waals surface area contributed by atoms with Gasteiger partial charge in [0.25, 0.3) is 5.91 Å². The Labute approximate surface area is 113 Å². The number of carbonyl (C=O) groups excluding carboxylic acids is 1. The van der Waals surface area contributed by atoms with E-state index in [4.69, 9.17) is 4.52 Å². The lowest BCUT2D eigenvalue weighted by Gasteiger charge is -2.20. The van der Waals surface area contributed by atoms with Gasteiger partial charge >= 0.3 is 0 Å². The van der Waals surface area contributed by atoms with Crippen LogP contribution in [-0.4, -0.2) is 34.6 Å². The van der Waals surface area contributed by atoms with Crippen LogP contribution in [0.1, 0.15) is 49.9 Å². The average molecular weight is 266 g/mol. The molecule has 0 saturated carbocycles. The van der Waals surface area contributed by atoms with E-state index in [2.05, 4.69) is 36.8 Å². The van der Waals surface area contributed by atoms with Crippen LogP contribution in [0.3, 0.4) is 0 Å². The van der Waals surface area contributed by atoms with Crippen LogP contribution in [0.15, 0.2) is 10.6 Å². The van der Waals surface area contributed by atoms with Crippen LogP contribution in [0.5, 0.6) is 0 Å². The summed E-state index contributed by atoms with van der Waals surface area (Å²) < 4.78 is 5.16. The van der Waals surface area contributed by atoms with Gasteiger partial charge in [-0.3, -0.25) is 10.2 Å². The molecule has 1 aliphatic rings. The van der Waals surface area contributed by atoms with Gasteiger partial charge in [0.2, 0.25) is 0 Å². The second kappa shape index (κ2) is 5.71. The number of amides is 1. The predicted molar refractivity (Wildman–Crippen MR) is 71.4 cm³/mol. The Balaban J connectivity index is 1.86. The Kier molecular flexibility index (Phi) is 4.21. The van der Waals surface area contributed by atoms with Crippen LogP contribution in [0.2, 0.25) is 0 Å². The first-order valence-electron chi connectivity index (χ1n) is 6.70. The van der Waals surface area contributed by atoms with Gasteiger partial charge in [0.05, 0.1) is 6.54 Å². The third kappa shape index (κ3) is 4.04. The normalized spacial score (nSPS) is 16.1. The minimum Gasteiger partial charge on any atom is -0.359 e. The highest BCUT2D eigenvalue weighted by Crippen LogP contribution is 2.13. The third-order valence-corrected chi connectivity index (χ3v) is 2.90. The molecule has 0 aliphatic carbocycles. The van der Waals surface area contributed by atoms with Crippen molar-refractivity contribution in [2.75, 3.05) is 13.1 Å². The zero-order valence-corrected chi connectivity index (χ0v) is 11.8. The molecule has 0 spiro atoms. The third-order valence-electron chi connectivity index (χ3n) is 2.90. The first-order valence-corrected chi connectivity index (χ1v) is 6.70. The highest BCUT2D eigenvalue weighted by molar-refractivity contribution is 5.92. The maximum atomic E-state index is 12.1. The van der Waals surface area contributed by atoms with Gasteiger partial charge in [-0.2, -0.15) is 0 Å². The monoisotopic (exact) mass is 266 g/mol. The van der Waals surface area contributed by atoms with E-state index in [1.807, 2.05) is 4.90 Å². The molecular weight excluding hydrogens is 244 g/mol. The molecule has 6 heteroatoms. The van der Waals surface area contributed by atoms with E-state index in [1.54, 1.807) is 6.07 Å². The Morgan fingerprint density at radius 1 is 1.42 bits per heavy atom. The van der Waals surface area contributed by atoms with Crippen molar-refractivity contribution in [2.24, 2.45) is 0 Å². The summed E-state index contributed by atoms with van der Waals surface area (Å²) in [6.45, 7) is 8.32. The van der Waals surface area contributed by atoms with Crippen LogP contribution in [0, 0.1) is 0 Å². The van der Waals surface area contributed by atoms with Gasteiger partial charge < -0.3 is 9.42 Å². The molecule has 2 N–H and O–H groups in total. The topological polar surface area (TPSA) is 70.4 Å². The second-order valence-electron chi connectivity index (χ2n) is 5.91. The van der Waals surface area contributed by atoms with Gasteiger partial charge in [-0.25, -0.2) is 5.43 Å². The van der Waals surface area contributed by atoms with Crippen LogP contribution < -0.4 is 10.9 Å². The maximum Gasteiger partial charge on any atom is 0.276 e. The zero-order valence-electron chi connectivity index (χ0n) is 11.8. The Hall–Kier alpha value is -1.40. The summed E-state index contributed by atoms with van der Waals surface area (Å²) in [5.41, 5.74) is 6.56. The number of hydrogen-bond acceptors (Lipinski definition) is 5. The van der Waals surface area contributed by atoms with Gasteiger partial charge in [-0.15, -0.1) is 0 Å². The van der Waals surface area contributed by atoms with Crippen molar-refractivity contribution in [3.63, 3.8) is 0 Å². The molecule has 0 atom stereocenters.